The number of hydrogen-bond donors (Lipinski definition) is 2. The van der Waals surface area contributed by atoms with Crippen molar-refractivity contribution < 1.29 is 35.9 Å². The molecule has 0 heterocycles. The fourth-order valence-corrected chi connectivity index (χ4v) is 1.45. The van der Waals surface area contributed by atoms with Gasteiger partial charge in [0.25, 0.3) is 0 Å². The standard InChI is InChI=1S/C12H12F6N2O2/c1-2-22-8-5-3-7(4-6-8)19-10(21)20-9(11(13,14)15)12(16,17)18/h3-6,9H,2H2,1H3,(H2,19,20,21). The van der Waals surface area contributed by atoms with Gasteiger partial charge in [-0.05, 0) is 31.2 Å². The summed E-state index contributed by atoms with van der Waals surface area (Å²) in [4.78, 5) is 11.3. The minimum absolute atomic E-state index is 0.0176. The average Bonchev–Trinajstić information content (AvgIpc) is 2.36. The lowest BCUT2D eigenvalue weighted by Crippen LogP contribution is -2.55. The van der Waals surface area contributed by atoms with Gasteiger partial charge in [0.05, 0.1) is 6.61 Å². The van der Waals surface area contributed by atoms with Gasteiger partial charge in [-0.1, -0.05) is 0 Å². The molecule has 10 heteroatoms. The zero-order chi connectivity index (χ0) is 17.0. The van der Waals surface area contributed by atoms with E-state index >= 15 is 0 Å². The van der Waals surface area contributed by atoms with Crippen molar-refractivity contribution in [2.24, 2.45) is 0 Å². The molecule has 0 aliphatic rings. The maximum Gasteiger partial charge on any atom is 0.417 e. The fourth-order valence-electron chi connectivity index (χ4n) is 1.45. The van der Waals surface area contributed by atoms with Crippen molar-refractivity contribution in [2.75, 3.05) is 11.9 Å². The van der Waals surface area contributed by atoms with Crippen molar-refractivity contribution in [3.05, 3.63) is 24.3 Å². The zero-order valence-corrected chi connectivity index (χ0v) is 11.2. The molecule has 0 radical (unpaired) electrons. The van der Waals surface area contributed by atoms with E-state index in [2.05, 4.69) is 0 Å². The highest BCUT2D eigenvalue weighted by Gasteiger charge is 2.57. The SMILES string of the molecule is CCOc1ccc(NC(=O)NC(C(F)(F)F)C(F)(F)F)cc1. The molecule has 0 aliphatic heterocycles. The molecule has 1 aromatic carbocycles. The summed E-state index contributed by atoms with van der Waals surface area (Å²) in [6.07, 6.45) is -11.3. The Kier molecular flexibility index (Phi) is 5.50. The van der Waals surface area contributed by atoms with Crippen LogP contribution in [-0.2, 0) is 0 Å². The molecule has 0 bridgehead atoms. The second kappa shape index (κ2) is 6.75. The summed E-state index contributed by atoms with van der Waals surface area (Å²) in [6.45, 7) is 2.11. The number of hydrogen-bond acceptors (Lipinski definition) is 2. The number of amides is 2. The van der Waals surface area contributed by atoms with E-state index in [1.165, 1.54) is 24.3 Å². The van der Waals surface area contributed by atoms with Crippen molar-refractivity contribution in [3.63, 3.8) is 0 Å². The summed E-state index contributed by atoms with van der Waals surface area (Å²) < 4.78 is 78.7. The Balaban J connectivity index is 2.72. The molecule has 2 N–H and O–H groups in total. The van der Waals surface area contributed by atoms with Crippen LogP contribution in [0, 0.1) is 0 Å². The van der Waals surface area contributed by atoms with Crippen LogP contribution >= 0.6 is 0 Å². The lowest BCUT2D eigenvalue weighted by atomic mass is 10.2. The van der Waals surface area contributed by atoms with Crippen molar-refractivity contribution in [2.45, 2.75) is 25.3 Å². The number of ether oxygens (including phenoxy) is 1. The van der Waals surface area contributed by atoms with Gasteiger partial charge in [-0.15, -0.1) is 0 Å². The Morgan fingerprint density at radius 2 is 1.59 bits per heavy atom. The number of urea groups is 1. The second-order valence-electron chi connectivity index (χ2n) is 4.07. The van der Waals surface area contributed by atoms with E-state index in [4.69, 9.17) is 4.74 Å². The van der Waals surface area contributed by atoms with Crippen LogP contribution in [0.15, 0.2) is 24.3 Å². The Hall–Kier alpha value is -2.13. The van der Waals surface area contributed by atoms with Gasteiger partial charge >= 0.3 is 18.4 Å². The van der Waals surface area contributed by atoms with Gasteiger partial charge in [0.2, 0.25) is 6.04 Å². The van der Waals surface area contributed by atoms with Crippen molar-refractivity contribution in [3.8, 4) is 5.75 Å². The van der Waals surface area contributed by atoms with E-state index in [-0.39, 0.29) is 5.69 Å². The molecule has 4 nitrogen and oxygen atoms in total. The maximum absolute atomic E-state index is 12.3. The van der Waals surface area contributed by atoms with Gasteiger partial charge in [0.1, 0.15) is 5.75 Å². The molecule has 2 amide bonds. The van der Waals surface area contributed by atoms with Gasteiger partial charge in [0.15, 0.2) is 0 Å². The summed E-state index contributed by atoms with van der Waals surface area (Å²) in [5.41, 5.74) is 0.0176. The molecule has 0 aromatic heterocycles. The van der Waals surface area contributed by atoms with E-state index in [0.29, 0.717) is 12.4 Å². The topological polar surface area (TPSA) is 50.4 Å². The highest BCUT2D eigenvalue weighted by molar-refractivity contribution is 5.89. The Bertz CT molecular complexity index is 484. The second-order valence-corrected chi connectivity index (χ2v) is 4.07. The number of alkyl halides is 6. The van der Waals surface area contributed by atoms with Crippen LogP contribution in [0.2, 0.25) is 0 Å². The predicted octanol–water partition coefficient (Wildman–Crippen LogP) is 3.70. The monoisotopic (exact) mass is 330 g/mol. The third-order valence-electron chi connectivity index (χ3n) is 2.35. The molecule has 1 aromatic rings. The van der Waals surface area contributed by atoms with Crippen molar-refractivity contribution in [1.82, 2.24) is 5.32 Å². The Morgan fingerprint density at radius 1 is 1.09 bits per heavy atom. The largest absolute Gasteiger partial charge is 0.494 e. The molecule has 0 saturated heterocycles. The summed E-state index contributed by atoms with van der Waals surface area (Å²) in [7, 11) is 0. The quantitative estimate of drug-likeness (QED) is 0.827. The predicted molar refractivity (Wildman–Crippen MR) is 65.7 cm³/mol. The fraction of sp³-hybridized carbons (Fsp3) is 0.417. The number of carbonyl (C=O) groups is 1. The Labute approximate surface area is 121 Å². The summed E-state index contributed by atoms with van der Waals surface area (Å²) in [5.74, 6) is 0.442. The first-order valence-corrected chi connectivity index (χ1v) is 5.98. The smallest absolute Gasteiger partial charge is 0.417 e. The first-order valence-electron chi connectivity index (χ1n) is 5.98. The molecule has 1 rings (SSSR count). The van der Waals surface area contributed by atoms with Gasteiger partial charge in [0, 0.05) is 5.69 Å². The highest BCUT2D eigenvalue weighted by atomic mass is 19.4. The Morgan fingerprint density at radius 3 is 2.00 bits per heavy atom. The third kappa shape index (κ3) is 5.34. The molecule has 0 spiro atoms. The first-order chi connectivity index (χ1) is 10.0. The van der Waals surface area contributed by atoms with Gasteiger partial charge in [-0.2, -0.15) is 26.3 Å². The van der Waals surface area contributed by atoms with Crippen LogP contribution in [0.25, 0.3) is 0 Å². The molecule has 0 unspecified atom stereocenters. The van der Waals surface area contributed by atoms with Crippen LogP contribution in [0.1, 0.15) is 6.92 Å². The van der Waals surface area contributed by atoms with E-state index < -0.39 is 24.4 Å². The normalized spacial score (nSPS) is 12.2. The zero-order valence-electron chi connectivity index (χ0n) is 11.2. The highest BCUT2D eigenvalue weighted by Crippen LogP contribution is 2.33. The number of carbonyl (C=O) groups excluding carboxylic acids is 1. The number of halogens is 6. The average molecular weight is 330 g/mol. The molecule has 0 atom stereocenters. The first kappa shape index (κ1) is 17.9. The lowest BCUT2D eigenvalue weighted by molar-refractivity contribution is -0.255. The molecule has 0 fully saturated rings. The van der Waals surface area contributed by atoms with Gasteiger partial charge < -0.3 is 15.4 Å². The minimum atomic E-state index is -5.64. The van der Waals surface area contributed by atoms with Crippen LogP contribution in [0.5, 0.6) is 5.75 Å². The van der Waals surface area contributed by atoms with Crippen molar-refractivity contribution in [1.29, 1.82) is 0 Å². The lowest BCUT2D eigenvalue weighted by Gasteiger charge is -2.23. The van der Waals surface area contributed by atoms with E-state index in [1.807, 2.05) is 5.32 Å². The summed E-state index contributed by atoms with van der Waals surface area (Å²) in [5, 5.41) is 2.73. The molecule has 0 aliphatic carbocycles. The number of nitrogens with one attached hydrogen (secondary N) is 2. The molecular weight excluding hydrogens is 318 g/mol. The molecular formula is C12H12F6N2O2. The number of rotatable bonds is 4. The number of anilines is 1. The third-order valence-corrected chi connectivity index (χ3v) is 2.35. The summed E-state index contributed by atoms with van der Waals surface area (Å²) >= 11 is 0. The van der Waals surface area contributed by atoms with Crippen LogP contribution < -0.4 is 15.4 Å². The van der Waals surface area contributed by atoms with Crippen LogP contribution in [0.3, 0.4) is 0 Å². The van der Waals surface area contributed by atoms with Crippen molar-refractivity contribution >= 4 is 11.7 Å². The minimum Gasteiger partial charge on any atom is -0.494 e. The number of benzene rings is 1. The van der Waals surface area contributed by atoms with E-state index in [1.54, 1.807) is 6.92 Å². The summed E-state index contributed by atoms with van der Waals surface area (Å²) in [6, 6.07) is -0.193. The van der Waals surface area contributed by atoms with E-state index in [0.717, 1.165) is 5.32 Å². The van der Waals surface area contributed by atoms with E-state index in [9.17, 15) is 31.1 Å². The maximum atomic E-state index is 12.3. The van der Waals surface area contributed by atoms with Gasteiger partial charge in [-0.3, -0.25) is 0 Å². The van der Waals surface area contributed by atoms with Crippen LogP contribution in [0.4, 0.5) is 36.8 Å². The van der Waals surface area contributed by atoms with Gasteiger partial charge in [-0.25, -0.2) is 4.79 Å². The molecule has 124 valence electrons. The van der Waals surface area contributed by atoms with Crippen LogP contribution in [-0.4, -0.2) is 31.0 Å². The molecule has 0 saturated carbocycles. The molecule has 22 heavy (non-hydrogen) atoms.